The Balaban J connectivity index is 1.67. The van der Waals surface area contributed by atoms with Crippen LogP contribution in [0.4, 0.5) is 5.00 Å². The van der Waals surface area contributed by atoms with Crippen LogP contribution in [0.25, 0.3) is 21.6 Å². The quantitative estimate of drug-likeness (QED) is 0.145. The molecule has 7 nitrogen and oxygen atoms in total. The number of fused-ring (bicyclic) bond motifs is 1. The van der Waals surface area contributed by atoms with E-state index in [0.29, 0.717) is 33.9 Å². The molecule has 6 rings (SSSR count). The van der Waals surface area contributed by atoms with Gasteiger partial charge in [0.2, 0.25) is 5.75 Å². The van der Waals surface area contributed by atoms with Gasteiger partial charge in [-0.2, -0.15) is 0 Å². The summed E-state index contributed by atoms with van der Waals surface area (Å²) in [6.07, 6.45) is 0. The van der Waals surface area contributed by atoms with E-state index < -0.39 is 17.6 Å². The van der Waals surface area contributed by atoms with Gasteiger partial charge in [0.15, 0.2) is 17.3 Å². The molecule has 0 saturated carbocycles. The summed E-state index contributed by atoms with van der Waals surface area (Å²) in [5.41, 5.74) is 3.31. The molecular formula is C34H25NO6S. The molecule has 1 aromatic heterocycles. The first-order valence-corrected chi connectivity index (χ1v) is 13.9. The number of rotatable bonds is 8. The van der Waals surface area contributed by atoms with Crippen LogP contribution in [0, 0.1) is 0 Å². The van der Waals surface area contributed by atoms with Crippen molar-refractivity contribution < 1.29 is 28.6 Å². The molecule has 0 bridgehead atoms. The summed E-state index contributed by atoms with van der Waals surface area (Å²) < 4.78 is 16.5. The van der Waals surface area contributed by atoms with E-state index in [9.17, 15) is 14.4 Å². The Morgan fingerprint density at radius 3 is 1.67 bits per heavy atom. The fourth-order valence-corrected chi connectivity index (χ4v) is 6.51. The highest BCUT2D eigenvalue weighted by Crippen LogP contribution is 2.50. The SMILES string of the molecule is COc1cc(C(=O)c2c(N3C(=O)c4ccccc4C3=O)sc(-c3ccccc3)c2-c2ccccc2)cc(OC)c1OC. The van der Waals surface area contributed by atoms with E-state index in [0.717, 1.165) is 20.9 Å². The standard InChI is InChI=1S/C34H25NO6S/c1-39-25-18-22(19-26(40-2)30(25)41-3)29(36)28-27(20-12-6-4-7-13-20)31(21-14-8-5-9-15-21)42-34(28)35-32(37)23-16-10-11-17-24(23)33(35)38/h4-19H,1-3H3. The van der Waals surface area contributed by atoms with Crippen molar-refractivity contribution in [1.82, 2.24) is 0 Å². The molecule has 5 aromatic rings. The zero-order chi connectivity index (χ0) is 29.4. The molecule has 0 fully saturated rings. The van der Waals surface area contributed by atoms with E-state index in [-0.39, 0.29) is 16.1 Å². The number of carbonyl (C=O) groups excluding carboxylic acids is 3. The lowest BCUT2D eigenvalue weighted by Crippen LogP contribution is -2.30. The van der Waals surface area contributed by atoms with Crippen LogP contribution in [0.3, 0.4) is 0 Å². The fourth-order valence-electron chi connectivity index (χ4n) is 5.19. The molecule has 0 saturated heterocycles. The molecule has 8 heteroatoms. The molecule has 0 N–H and O–H groups in total. The van der Waals surface area contributed by atoms with Gasteiger partial charge in [0.05, 0.1) is 38.0 Å². The van der Waals surface area contributed by atoms with Crippen LogP contribution < -0.4 is 19.1 Å². The van der Waals surface area contributed by atoms with Crippen LogP contribution in [0.15, 0.2) is 97.1 Å². The third-order valence-electron chi connectivity index (χ3n) is 7.14. The summed E-state index contributed by atoms with van der Waals surface area (Å²) in [6, 6.07) is 28.9. The highest BCUT2D eigenvalue weighted by molar-refractivity contribution is 7.21. The lowest BCUT2D eigenvalue weighted by Gasteiger charge is -2.17. The molecule has 4 aromatic carbocycles. The summed E-state index contributed by atoms with van der Waals surface area (Å²) in [4.78, 5) is 44.1. The average molecular weight is 576 g/mol. The third-order valence-corrected chi connectivity index (χ3v) is 8.36. The predicted octanol–water partition coefficient (Wildman–Crippen LogP) is 7.14. The number of ether oxygens (including phenoxy) is 3. The molecule has 0 atom stereocenters. The lowest BCUT2D eigenvalue weighted by molar-refractivity contribution is 0.0927. The van der Waals surface area contributed by atoms with Gasteiger partial charge in [0, 0.05) is 16.0 Å². The fraction of sp³-hybridized carbons (Fsp3) is 0.0882. The molecule has 208 valence electrons. The van der Waals surface area contributed by atoms with E-state index in [2.05, 4.69) is 0 Å². The van der Waals surface area contributed by atoms with E-state index in [4.69, 9.17) is 14.2 Å². The van der Waals surface area contributed by atoms with Crippen molar-refractivity contribution in [2.24, 2.45) is 0 Å². The largest absolute Gasteiger partial charge is 0.493 e. The lowest BCUT2D eigenvalue weighted by atomic mass is 9.93. The van der Waals surface area contributed by atoms with Crippen molar-refractivity contribution in [3.8, 4) is 38.8 Å². The first kappa shape index (κ1) is 27.0. The third kappa shape index (κ3) is 4.33. The minimum absolute atomic E-state index is 0.230. The molecule has 0 radical (unpaired) electrons. The Morgan fingerprint density at radius 1 is 0.667 bits per heavy atom. The Hall–Kier alpha value is -5.21. The average Bonchev–Trinajstić information content (AvgIpc) is 3.55. The number of hydrogen-bond donors (Lipinski definition) is 0. The maximum absolute atomic E-state index is 14.7. The summed E-state index contributed by atoms with van der Waals surface area (Å²) in [7, 11) is 4.44. The Kier molecular flexibility index (Phi) is 7.06. The molecule has 2 heterocycles. The second-order valence-electron chi connectivity index (χ2n) is 9.45. The van der Waals surface area contributed by atoms with Crippen LogP contribution in [-0.4, -0.2) is 38.9 Å². The first-order chi connectivity index (χ1) is 20.5. The molecule has 1 aliphatic heterocycles. The van der Waals surface area contributed by atoms with Gasteiger partial charge in [-0.05, 0) is 35.4 Å². The molecule has 42 heavy (non-hydrogen) atoms. The highest BCUT2D eigenvalue weighted by atomic mass is 32.1. The van der Waals surface area contributed by atoms with Crippen LogP contribution in [0.5, 0.6) is 17.2 Å². The number of hydrogen-bond acceptors (Lipinski definition) is 7. The van der Waals surface area contributed by atoms with Gasteiger partial charge in [-0.25, -0.2) is 4.90 Å². The minimum atomic E-state index is -0.477. The topological polar surface area (TPSA) is 82.1 Å². The zero-order valence-electron chi connectivity index (χ0n) is 23.0. The van der Waals surface area contributed by atoms with Gasteiger partial charge in [-0.3, -0.25) is 14.4 Å². The van der Waals surface area contributed by atoms with Crippen LogP contribution in [-0.2, 0) is 0 Å². The predicted molar refractivity (Wildman–Crippen MR) is 162 cm³/mol. The summed E-state index contributed by atoms with van der Waals surface area (Å²) in [5, 5.41) is 0.248. The molecule has 0 aliphatic carbocycles. The Labute approximate surface area is 246 Å². The number of carbonyl (C=O) groups is 3. The first-order valence-electron chi connectivity index (χ1n) is 13.1. The van der Waals surface area contributed by atoms with Crippen molar-refractivity contribution in [2.75, 3.05) is 26.2 Å². The van der Waals surface area contributed by atoms with Crippen molar-refractivity contribution >= 4 is 33.9 Å². The van der Waals surface area contributed by atoms with Gasteiger partial charge in [-0.1, -0.05) is 72.8 Å². The number of benzene rings is 4. The number of nitrogens with zero attached hydrogens (tertiary/aromatic N) is 1. The van der Waals surface area contributed by atoms with Gasteiger partial charge < -0.3 is 14.2 Å². The number of amides is 2. The van der Waals surface area contributed by atoms with Gasteiger partial charge in [0.25, 0.3) is 11.8 Å². The van der Waals surface area contributed by atoms with Crippen LogP contribution in [0.2, 0.25) is 0 Å². The molecule has 0 unspecified atom stereocenters. The highest BCUT2D eigenvalue weighted by Gasteiger charge is 2.41. The number of methoxy groups -OCH3 is 3. The number of ketones is 1. The van der Waals surface area contributed by atoms with Crippen molar-refractivity contribution in [1.29, 1.82) is 0 Å². The van der Waals surface area contributed by atoms with Crippen molar-refractivity contribution in [3.05, 3.63) is 119 Å². The summed E-state index contributed by atoms with van der Waals surface area (Å²) >= 11 is 1.24. The molecule has 1 aliphatic rings. The summed E-state index contributed by atoms with van der Waals surface area (Å²) in [5.74, 6) is -0.400. The Bertz CT molecular complexity index is 1790. The van der Waals surface area contributed by atoms with Crippen molar-refractivity contribution in [3.63, 3.8) is 0 Å². The number of thiophene rings is 1. The molecule has 0 spiro atoms. The second-order valence-corrected chi connectivity index (χ2v) is 10.5. The monoisotopic (exact) mass is 575 g/mol. The van der Waals surface area contributed by atoms with Crippen LogP contribution in [0.1, 0.15) is 36.6 Å². The minimum Gasteiger partial charge on any atom is -0.493 e. The Morgan fingerprint density at radius 2 is 1.17 bits per heavy atom. The number of imide groups is 1. The molecule has 2 amide bonds. The zero-order valence-corrected chi connectivity index (χ0v) is 23.9. The maximum atomic E-state index is 14.7. The van der Waals surface area contributed by atoms with E-state index in [1.807, 2.05) is 60.7 Å². The summed E-state index contributed by atoms with van der Waals surface area (Å²) in [6.45, 7) is 0. The van der Waals surface area contributed by atoms with E-state index >= 15 is 0 Å². The normalized spacial score (nSPS) is 12.3. The molecular weight excluding hydrogens is 550 g/mol. The smallest absolute Gasteiger partial charge is 0.266 e. The van der Waals surface area contributed by atoms with Crippen molar-refractivity contribution in [2.45, 2.75) is 0 Å². The van der Waals surface area contributed by atoms with Gasteiger partial charge in [-0.15, -0.1) is 11.3 Å². The van der Waals surface area contributed by atoms with Gasteiger partial charge >= 0.3 is 0 Å². The van der Waals surface area contributed by atoms with E-state index in [1.165, 1.54) is 32.7 Å². The number of anilines is 1. The van der Waals surface area contributed by atoms with Gasteiger partial charge in [0.1, 0.15) is 5.00 Å². The van der Waals surface area contributed by atoms with E-state index in [1.54, 1.807) is 36.4 Å². The second kappa shape index (κ2) is 11.0. The van der Waals surface area contributed by atoms with Crippen LogP contribution >= 0.6 is 11.3 Å². The maximum Gasteiger partial charge on any atom is 0.266 e.